The summed E-state index contributed by atoms with van der Waals surface area (Å²) in [5.74, 6) is 0.375. The number of benzene rings is 2. The van der Waals surface area contributed by atoms with E-state index < -0.39 is 0 Å². The number of thioether (sulfide) groups is 1. The van der Waals surface area contributed by atoms with Gasteiger partial charge in [0.05, 0.1) is 0 Å². The fraction of sp³-hybridized carbons (Fsp3) is 0.222. The molecule has 0 aliphatic heterocycles. The monoisotopic (exact) mass is 328 g/mol. The van der Waals surface area contributed by atoms with Gasteiger partial charge in [-0.1, -0.05) is 35.9 Å². The second-order valence-corrected chi connectivity index (χ2v) is 6.30. The number of hydrogen-bond donors (Lipinski definition) is 2. The van der Waals surface area contributed by atoms with Crippen molar-refractivity contribution in [2.75, 3.05) is 5.75 Å². The van der Waals surface area contributed by atoms with Crippen LogP contribution in [0, 0.1) is 6.92 Å². The van der Waals surface area contributed by atoms with Crippen molar-refractivity contribution in [1.82, 2.24) is 10.9 Å². The molecule has 0 aliphatic carbocycles. The highest BCUT2D eigenvalue weighted by molar-refractivity contribution is 7.99. The van der Waals surface area contributed by atoms with Crippen LogP contribution < -0.4 is 10.9 Å². The van der Waals surface area contributed by atoms with Crippen LogP contribution >= 0.6 is 11.8 Å². The van der Waals surface area contributed by atoms with E-state index in [0.29, 0.717) is 12.0 Å². The van der Waals surface area contributed by atoms with Crippen molar-refractivity contribution in [3.63, 3.8) is 0 Å². The summed E-state index contributed by atoms with van der Waals surface area (Å²) in [6, 6.07) is 17.2. The van der Waals surface area contributed by atoms with Crippen molar-refractivity contribution >= 4 is 23.6 Å². The van der Waals surface area contributed by atoms with Gasteiger partial charge in [-0.05, 0) is 43.4 Å². The molecule has 2 N–H and O–H groups in total. The zero-order valence-electron chi connectivity index (χ0n) is 13.0. The second kappa shape index (κ2) is 9.00. The molecule has 0 heterocycles. The van der Waals surface area contributed by atoms with Crippen LogP contribution in [0.1, 0.15) is 28.8 Å². The highest BCUT2D eigenvalue weighted by atomic mass is 32.2. The maximum Gasteiger partial charge on any atom is 0.269 e. The van der Waals surface area contributed by atoms with E-state index >= 15 is 0 Å². The first kappa shape index (κ1) is 17.1. The van der Waals surface area contributed by atoms with Crippen molar-refractivity contribution < 1.29 is 9.59 Å². The molecule has 0 saturated heterocycles. The Bertz CT molecular complexity index is 642. The topological polar surface area (TPSA) is 58.2 Å². The fourth-order valence-corrected chi connectivity index (χ4v) is 2.78. The first-order valence-corrected chi connectivity index (χ1v) is 8.47. The Morgan fingerprint density at radius 2 is 1.65 bits per heavy atom. The molecule has 0 unspecified atom stereocenters. The minimum Gasteiger partial charge on any atom is -0.273 e. The van der Waals surface area contributed by atoms with Crippen molar-refractivity contribution in [2.24, 2.45) is 0 Å². The lowest BCUT2D eigenvalue weighted by molar-refractivity contribution is -0.121. The molecule has 0 aliphatic rings. The van der Waals surface area contributed by atoms with Gasteiger partial charge >= 0.3 is 0 Å². The van der Waals surface area contributed by atoms with Gasteiger partial charge in [0.2, 0.25) is 5.91 Å². The molecule has 5 heteroatoms. The smallest absolute Gasteiger partial charge is 0.269 e. The van der Waals surface area contributed by atoms with Crippen molar-refractivity contribution in [1.29, 1.82) is 0 Å². The lowest BCUT2D eigenvalue weighted by Crippen LogP contribution is -2.41. The van der Waals surface area contributed by atoms with E-state index in [0.717, 1.165) is 17.7 Å². The molecule has 23 heavy (non-hydrogen) atoms. The van der Waals surface area contributed by atoms with Gasteiger partial charge in [-0.25, -0.2) is 0 Å². The van der Waals surface area contributed by atoms with Gasteiger partial charge < -0.3 is 0 Å². The average molecular weight is 328 g/mol. The summed E-state index contributed by atoms with van der Waals surface area (Å²) in [7, 11) is 0. The lowest BCUT2D eigenvalue weighted by Gasteiger charge is -2.07. The second-order valence-electron chi connectivity index (χ2n) is 5.13. The minimum absolute atomic E-state index is 0.181. The minimum atomic E-state index is -0.308. The Hall–Kier alpha value is -2.27. The molecule has 0 atom stereocenters. The molecule has 2 rings (SSSR count). The van der Waals surface area contributed by atoms with E-state index in [1.54, 1.807) is 23.9 Å². The predicted octanol–water partition coefficient (Wildman–Crippen LogP) is 3.33. The number of carbonyl (C=O) groups excluding carboxylic acids is 2. The molecule has 0 spiro atoms. The molecular weight excluding hydrogens is 308 g/mol. The van der Waals surface area contributed by atoms with Gasteiger partial charge in [0, 0.05) is 16.9 Å². The summed E-state index contributed by atoms with van der Waals surface area (Å²) in [5.41, 5.74) is 6.49. The lowest BCUT2D eigenvalue weighted by atomic mass is 10.1. The largest absolute Gasteiger partial charge is 0.273 e. The Kier molecular flexibility index (Phi) is 6.69. The van der Waals surface area contributed by atoms with Gasteiger partial charge in [-0.15, -0.1) is 11.8 Å². The van der Waals surface area contributed by atoms with Gasteiger partial charge in [0.25, 0.3) is 5.91 Å². The molecule has 0 aromatic heterocycles. The summed E-state index contributed by atoms with van der Waals surface area (Å²) >= 11 is 1.72. The molecule has 120 valence electrons. The third-order valence-electron chi connectivity index (χ3n) is 3.19. The van der Waals surface area contributed by atoms with Crippen LogP contribution in [-0.2, 0) is 4.79 Å². The number of carbonyl (C=O) groups is 2. The van der Waals surface area contributed by atoms with Crippen molar-refractivity contribution in [2.45, 2.75) is 24.7 Å². The Labute approximate surface area is 140 Å². The average Bonchev–Trinajstić information content (AvgIpc) is 2.58. The molecule has 2 aromatic rings. The van der Waals surface area contributed by atoms with Gasteiger partial charge in [0.15, 0.2) is 0 Å². The van der Waals surface area contributed by atoms with Crippen LogP contribution in [0.4, 0.5) is 0 Å². The standard InChI is InChI=1S/C18H20N2O2S/c1-14-9-11-15(12-10-14)18(22)20-19-17(21)8-5-13-23-16-6-3-2-4-7-16/h2-4,6-7,9-12H,5,8,13H2,1H3,(H,19,21)(H,20,22). The molecule has 4 nitrogen and oxygen atoms in total. The van der Waals surface area contributed by atoms with Crippen LogP contribution in [0.25, 0.3) is 0 Å². The predicted molar refractivity (Wildman–Crippen MR) is 93.2 cm³/mol. The Morgan fingerprint density at radius 3 is 2.35 bits per heavy atom. The number of nitrogens with one attached hydrogen (secondary N) is 2. The quantitative estimate of drug-likeness (QED) is 0.486. The molecule has 2 aromatic carbocycles. The summed E-state index contributed by atoms with van der Waals surface area (Å²) in [5, 5.41) is 0. The highest BCUT2D eigenvalue weighted by Crippen LogP contribution is 2.18. The maximum atomic E-state index is 11.8. The summed E-state index contributed by atoms with van der Waals surface area (Å²) < 4.78 is 0. The van der Waals surface area contributed by atoms with Gasteiger partial charge in [0.1, 0.15) is 0 Å². The van der Waals surface area contributed by atoms with Gasteiger partial charge in [-0.2, -0.15) is 0 Å². The molecule has 2 amide bonds. The van der Waals surface area contributed by atoms with E-state index in [2.05, 4.69) is 10.9 Å². The molecule has 0 saturated carbocycles. The highest BCUT2D eigenvalue weighted by Gasteiger charge is 2.07. The summed E-state index contributed by atoms with van der Waals surface area (Å²) in [4.78, 5) is 24.7. The van der Waals surface area contributed by atoms with E-state index in [-0.39, 0.29) is 11.8 Å². The first-order valence-electron chi connectivity index (χ1n) is 7.49. The first-order chi connectivity index (χ1) is 11.1. The third kappa shape index (κ3) is 6.16. The van der Waals surface area contributed by atoms with E-state index in [1.807, 2.05) is 49.4 Å². The summed E-state index contributed by atoms with van der Waals surface area (Å²) in [6.45, 7) is 1.96. The molecule has 0 fully saturated rings. The number of hydrogen-bond acceptors (Lipinski definition) is 3. The maximum absolute atomic E-state index is 11.8. The number of rotatable bonds is 6. The van der Waals surface area contributed by atoms with Crippen LogP contribution in [-0.4, -0.2) is 17.6 Å². The zero-order valence-corrected chi connectivity index (χ0v) is 13.9. The zero-order chi connectivity index (χ0) is 16.5. The Morgan fingerprint density at radius 1 is 0.957 bits per heavy atom. The van der Waals surface area contributed by atoms with Gasteiger partial charge in [-0.3, -0.25) is 20.4 Å². The van der Waals surface area contributed by atoms with Crippen molar-refractivity contribution in [3.05, 3.63) is 65.7 Å². The van der Waals surface area contributed by atoms with Crippen LogP contribution in [0.3, 0.4) is 0 Å². The van der Waals surface area contributed by atoms with E-state index in [4.69, 9.17) is 0 Å². The SMILES string of the molecule is Cc1ccc(C(=O)NNC(=O)CCCSc2ccccc2)cc1. The van der Waals surface area contributed by atoms with Crippen LogP contribution in [0.2, 0.25) is 0 Å². The molecule has 0 radical (unpaired) electrons. The third-order valence-corrected chi connectivity index (χ3v) is 4.29. The van der Waals surface area contributed by atoms with Crippen molar-refractivity contribution in [3.8, 4) is 0 Å². The van der Waals surface area contributed by atoms with E-state index in [9.17, 15) is 9.59 Å². The number of amides is 2. The summed E-state index contributed by atoms with van der Waals surface area (Å²) in [6.07, 6.45) is 1.14. The van der Waals surface area contributed by atoms with E-state index in [1.165, 1.54) is 4.90 Å². The van der Waals surface area contributed by atoms with Crippen LogP contribution in [0.5, 0.6) is 0 Å². The number of aryl methyl sites for hydroxylation is 1. The fourth-order valence-electron chi connectivity index (χ4n) is 1.91. The molecular formula is C18H20N2O2S. The Balaban J connectivity index is 1.63. The normalized spacial score (nSPS) is 10.1. The van der Waals surface area contributed by atoms with Crippen LogP contribution in [0.15, 0.2) is 59.5 Å². The molecule has 0 bridgehead atoms. The number of hydrazine groups is 1.